The molecule has 0 radical (unpaired) electrons. The van der Waals surface area contributed by atoms with Crippen LogP contribution < -0.4 is 0 Å². The van der Waals surface area contributed by atoms with Gasteiger partial charge in [0.2, 0.25) is 0 Å². The smallest absolute Gasteiger partial charge is 0.0945 e. The van der Waals surface area contributed by atoms with Gasteiger partial charge in [0.25, 0.3) is 0 Å². The van der Waals surface area contributed by atoms with Crippen LogP contribution in [0.4, 0.5) is 0 Å². The second-order valence-electron chi connectivity index (χ2n) is 7.82. The van der Waals surface area contributed by atoms with Gasteiger partial charge in [0.05, 0.1) is 11.7 Å². The summed E-state index contributed by atoms with van der Waals surface area (Å²) in [6.45, 7) is 9.78. The summed E-state index contributed by atoms with van der Waals surface area (Å²) < 4.78 is 6.18. The zero-order valence-electron chi connectivity index (χ0n) is 13.9. The molecule has 2 rings (SSSR count). The van der Waals surface area contributed by atoms with Crippen molar-refractivity contribution in [3.8, 4) is 0 Å². The summed E-state index contributed by atoms with van der Waals surface area (Å²) in [7, 11) is 0. The van der Waals surface area contributed by atoms with Gasteiger partial charge in [-0.2, -0.15) is 0 Å². The van der Waals surface area contributed by atoms with E-state index in [-0.39, 0.29) is 11.7 Å². The van der Waals surface area contributed by atoms with E-state index < -0.39 is 0 Å². The molecule has 0 aliphatic heterocycles. The highest BCUT2D eigenvalue weighted by Crippen LogP contribution is 2.44. The second kappa shape index (κ2) is 6.79. The minimum atomic E-state index is -0.268. The Balaban J connectivity index is 2.11. The summed E-state index contributed by atoms with van der Waals surface area (Å²) in [6, 6.07) is 0. The molecule has 0 saturated heterocycles. The molecule has 20 heavy (non-hydrogen) atoms. The molecule has 1 N–H and O–H groups in total. The molecule has 2 aliphatic carbocycles. The lowest BCUT2D eigenvalue weighted by atomic mass is 9.66. The van der Waals surface area contributed by atoms with E-state index in [9.17, 15) is 5.11 Å². The quantitative estimate of drug-likeness (QED) is 0.828. The van der Waals surface area contributed by atoms with Gasteiger partial charge in [-0.1, -0.05) is 33.6 Å². The number of ether oxygens (including phenoxy) is 1. The van der Waals surface area contributed by atoms with Gasteiger partial charge in [0, 0.05) is 6.61 Å². The van der Waals surface area contributed by atoms with Crippen LogP contribution in [0.2, 0.25) is 0 Å². The van der Waals surface area contributed by atoms with Crippen molar-refractivity contribution in [2.24, 2.45) is 23.7 Å². The first-order valence-corrected chi connectivity index (χ1v) is 8.79. The summed E-state index contributed by atoms with van der Waals surface area (Å²) in [5, 5.41) is 11.1. The van der Waals surface area contributed by atoms with Crippen molar-refractivity contribution >= 4 is 0 Å². The molecular formula is C18H34O2. The zero-order chi connectivity index (χ0) is 14.8. The summed E-state index contributed by atoms with van der Waals surface area (Å²) in [5.41, 5.74) is -0.256. The molecule has 0 bridgehead atoms. The van der Waals surface area contributed by atoms with Crippen molar-refractivity contribution in [1.82, 2.24) is 0 Å². The van der Waals surface area contributed by atoms with E-state index in [2.05, 4.69) is 27.7 Å². The van der Waals surface area contributed by atoms with Crippen LogP contribution in [0.25, 0.3) is 0 Å². The minimum absolute atomic E-state index is 0.256. The molecule has 0 amide bonds. The topological polar surface area (TPSA) is 29.5 Å². The molecular weight excluding hydrogens is 248 g/mol. The van der Waals surface area contributed by atoms with Crippen LogP contribution in [0.3, 0.4) is 0 Å². The Morgan fingerprint density at radius 3 is 2.30 bits per heavy atom. The second-order valence-corrected chi connectivity index (χ2v) is 7.82. The molecule has 2 heteroatoms. The highest BCUT2D eigenvalue weighted by Gasteiger charge is 2.46. The molecule has 2 aliphatic rings. The molecule has 0 heterocycles. The van der Waals surface area contributed by atoms with Crippen LogP contribution in [-0.4, -0.2) is 23.4 Å². The number of rotatable bonds is 4. The third-order valence-corrected chi connectivity index (χ3v) is 5.62. The molecule has 5 atom stereocenters. The summed E-state index contributed by atoms with van der Waals surface area (Å²) in [6.07, 6.45) is 7.99. The zero-order valence-corrected chi connectivity index (χ0v) is 13.9. The average molecular weight is 282 g/mol. The largest absolute Gasteiger partial charge is 0.390 e. The van der Waals surface area contributed by atoms with Gasteiger partial charge in [0.1, 0.15) is 0 Å². The van der Waals surface area contributed by atoms with Crippen LogP contribution in [-0.2, 0) is 4.74 Å². The lowest BCUT2D eigenvalue weighted by Crippen LogP contribution is -2.52. The maximum absolute atomic E-state index is 11.1. The molecule has 0 aromatic carbocycles. The molecule has 2 fully saturated rings. The molecule has 0 aromatic rings. The van der Waals surface area contributed by atoms with Crippen molar-refractivity contribution < 1.29 is 9.84 Å². The van der Waals surface area contributed by atoms with E-state index in [1.165, 1.54) is 32.1 Å². The Labute approximate surface area is 125 Å². The van der Waals surface area contributed by atoms with E-state index in [4.69, 9.17) is 4.74 Å². The highest BCUT2D eigenvalue weighted by molar-refractivity contribution is 4.97. The fourth-order valence-electron chi connectivity index (χ4n) is 5.01. The molecule has 5 unspecified atom stereocenters. The third kappa shape index (κ3) is 3.57. The molecule has 2 saturated carbocycles. The Hall–Kier alpha value is -0.0800. The van der Waals surface area contributed by atoms with Gasteiger partial charge in [-0.25, -0.2) is 0 Å². The van der Waals surface area contributed by atoms with Gasteiger partial charge in [-0.3, -0.25) is 0 Å². The van der Waals surface area contributed by atoms with Gasteiger partial charge in [-0.05, 0) is 62.7 Å². The average Bonchev–Trinajstić information content (AvgIpc) is 2.37. The lowest BCUT2D eigenvalue weighted by Gasteiger charge is -2.47. The van der Waals surface area contributed by atoms with Crippen molar-refractivity contribution in [1.29, 1.82) is 0 Å². The lowest BCUT2D eigenvalue weighted by molar-refractivity contribution is -0.170. The maximum Gasteiger partial charge on any atom is 0.0945 e. The van der Waals surface area contributed by atoms with E-state index >= 15 is 0 Å². The van der Waals surface area contributed by atoms with E-state index in [0.717, 1.165) is 31.3 Å². The molecule has 0 spiro atoms. The minimum Gasteiger partial charge on any atom is -0.390 e. The summed E-state index contributed by atoms with van der Waals surface area (Å²) in [4.78, 5) is 0. The Morgan fingerprint density at radius 1 is 1.10 bits per heavy atom. The molecule has 0 aromatic heterocycles. The van der Waals surface area contributed by atoms with Gasteiger partial charge < -0.3 is 9.84 Å². The van der Waals surface area contributed by atoms with Crippen LogP contribution in [0.15, 0.2) is 0 Å². The predicted octanol–water partition coefficient (Wildman–Crippen LogP) is 4.41. The van der Waals surface area contributed by atoms with Crippen molar-refractivity contribution in [2.45, 2.75) is 84.3 Å². The van der Waals surface area contributed by atoms with Crippen molar-refractivity contribution in [3.05, 3.63) is 0 Å². The maximum atomic E-state index is 11.1. The summed E-state index contributed by atoms with van der Waals surface area (Å²) >= 11 is 0. The summed E-state index contributed by atoms with van der Waals surface area (Å²) in [5.74, 6) is 2.62. The van der Waals surface area contributed by atoms with Gasteiger partial charge >= 0.3 is 0 Å². The predicted molar refractivity (Wildman–Crippen MR) is 83.7 cm³/mol. The van der Waals surface area contributed by atoms with E-state index in [0.29, 0.717) is 11.8 Å². The first kappa shape index (κ1) is 16.3. The number of hydrogen-bond acceptors (Lipinski definition) is 2. The van der Waals surface area contributed by atoms with E-state index in [1.807, 2.05) is 0 Å². The standard InChI is InChI=1S/C18H34O2/c1-5-20-18(8-6-7-13(2)12-18)17(19)16-10-14(3)9-15(4)11-16/h13-17,19H,5-12H2,1-4H3. The van der Waals surface area contributed by atoms with Crippen LogP contribution >= 0.6 is 0 Å². The number of aliphatic hydroxyl groups is 1. The van der Waals surface area contributed by atoms with Crippen LogP contribution in [0.1, 0.15) is 72.6 Å². The third-order valence-electron chi connectivity index (χ3n) is 5.62. The SMILES string of the molecule is CCOC1(C(O)C2CC(C)CC(C)C2)CCCC(C)C1. The van der Waals surface area contributed by atoms with Crippen molar-refractivity contribution in [3.63, 3.8) is 0 Å². The van der Waals surface area contributed by atoms with Crippen LogP contribution in [0, 0.1) is 23.7 Å². The Bertz CT molecular complexity index is 290. The monoisotopic (exact) mass is 282 g/mol. The first-order valence-electron chi connectivity index (χ1n) is 8.79. The van der Waals surface area contributed by atoms with Gasteiger partial charge in [-0.15, -0.1) is 0 Å². The molecule has 118 valence electrons. The number of hydrogen-bond donors (Lipinski definition) is 1. The number of aliphatic hydroxyl groups excluding tert-OH is 1. The fraction of sp³-hybridized carbons (Fsp3) is 1.00. The van der Waals surface area contributed by atoms with Crippen LogP contribution in [0.5, 0.6) is 0 Å². The highest BCUT2D eigenvalue weighted by atomic mass is 16.5. The first-order chi connectivity index (χ1) is 9.47. The fourth-order valence-corrected chi connectivity index (χ4v) is 5.01. The van der Waals surface area contributed by atoms with E-state index in [1.54, 1.807) is 0 Å². The van der Waals surface area contributed by atoms with Gasteiger partial charge in [0.15, 0.2) is 0 Å². The Morgan fingerprint density at radius 2 is 1.75 bits per heavy atom. The molecule has 2 nitrogen and oxygen atoms in total. The Kier molecular flexibility index (Phi) is 5.53. The normalized spacial score (nSPS) is 44.2. The van der Waals surface area contributed by atoms with Crippen molar-refractivity contribution in [2.75, 3.05) is 6.61 Å².